The van der Waals surface area contributed by atoms with E-state index in [-0.39, 0.29) is 56.1 Å². The van der Waals surface area contributed by atoms with Gasteiger partial charge in [-0.25, -0.2) is 13.6 Å². The number of halogens is 2. The predicted octanol–water partition coefficient (Wildman–Crippen LogP) is 5.20. The summed E-state index contributed by atoms with van der Waals surface area (Å²) in [6, 6.07) is 9.73. The first-order valence-electron chi connectivity index (χ1n) is 12.3. The van der Waals surface area contributed by atoms with Gasteiger partial charge in [0, 0.05) is 37.2 Å². The topological polar surface area (TPSA) is 142 Å². The Labute approximate surface area is 252 Å². The summed E-state index contributed by atoms with van der Waals surface area (Å²) in [6.45, 7) is 1.11. The van der Waals surface area contributed by atoms with Crippen LogP contribution in [0.2, 0.25) is 0 Å². The molecule has 1 aliphatic rings. The van der Waals surface area contributed by atoms with E-state index in [0.717, 1.165) is 36.0 Å². The normalized spacial score (nSPS) is 13.8. The number of nitrogens with one attached hydrogen (secondary N) is 1. The molecule has 0 saturated carbocycles. The molecule has 1 saturated heterocycles. The number of carbonyl (C=O) groups excluding carboxylic acids is 3. The van der Waals surface area contributed by atoms with Crippen molar-refractivity contribution in [2.45, 2.75) is 13.3 Å². The molecule has 1 heterocycles. The zero-order valence-corrected chi connectivity index (χ0v) is 24.1. The number of phenols is 1. The molecule has 43 heavy (non-hydrogen) atoms. The Bertz CT molecular complexity index is 1710. The second kappa shape index (κ2) is 13.0. The third-order valence-electron chi connectivity index (χ3n) is 6.02. The zero-order valence-electron chi connectivity index (χ0n) is 22.5. The number of esters is 1. The summed E-state index contributed by atoms with van der Waals surface area (Å²) >= 11 is 6.33. The molecule has 0 spiro atoms. The predicted molar refractivity (Wildman–Crippen MR) is 158 cm³/mol. The fourth-order valence-electron chi connectivity index (χ4n) is 4.06. The number of thiocarbonyl (C=S) groups is 1. The first-order valence-corrected chi connectivity index (χ1v) is 13.6. The molecule has 3 aromatic rings. The second-order valence-electron chi connectivity index (χ2n) is 8.99. The van der Waals surface area contributed by atoms with Gasteiger partial charge in [0.15, 0.2) is 23.1 Å². The molecule has 222 valence electrons. The average molecular weight is 629 g/mol. The minimum Gasteiger partial charge on any atom is -0.507 e. The van der Waals surface area contributed by atoms with Crippen LogP contribution in [0.5, 0.6) is 17.2 Å². The molecular weight excluding hydrogens is 606 g/mol. The minimum atomic E-state index is -1.32. The number of anilines is 1. The summed E-state index contributed by atoms with van der Waals surface area (Å²) in [5.41, 5.74) is 0.636. The Balaban J connectivity index is 1.55. The van der Waals surface area contributed by atoms with Gasteiger partial charge in [0.25, 0.3) is 5.91 Å². The monoisotopic (exact) mass is 628 g/mol. The minimum absolute atomic E-state index is 0.0253. The first-order chi connectivity index (χ1) is 20.4. The number of aromatic carboxylic acids is 1. The van der Waals surface area contributed by atoms with Gasteiger partial charge in [-0.15, -0.1) is 0 Å². The molecule has 1 aliphatic heterocycles. The van der Waals surface area contributed by atoms with Crippen molar-refractivity contribution in [1.29, 1.82) is 0 Å². The zero-order chi connectivity index (χ0) is 31.4. The first kappa shape index (κ1) is 31.1. The molecule has 14 heteroatoms. The SMILES string of the molecule is COc1cc(C=C2SC(=S)N(CCC(=O)Nc3ccc(C(=O)O)c(O)c3)C2=O)cc(-c2ccc(F)c(F)c2)c1OC(C)=O. The van der Waals surface area contributed by atoms with Gasteiger partial charge in [0.05, 0.1) is 12.0 Å². The number of carboxylic acids is 1. The molecule has 3 N–H and O–H groups in total. The van der Waals surface area contributed by atoms with Crippen molar-refractivity contribution in [1.82, 2.24) is 4.90 Å². The molecule has 10 nitrogen and oxygen atoms in total. The maximum absolute atomic E-state index is 14.1. The summed E-state index contributed by atoms with van der Waals surface area (Å²) in [5.74, 6) is -5.61. The van der Waals surface area contributed by atoms with E-state index in [2.05, 4.69) is 5.32 Å². The van der Waals surface area contributed by atoms with Gasteiger partial charge in [-0.2, -0.15) is 0 Å². The summed E-state index contributed by atoms with van der Waals surface area (Å²) in [4.78, 5) is 49.9. The Kier molecular flexibility index (Phi) is 9.41. The molecule has 0 aliphatic carbocycles. The summed E-state index contributed by atoms with van der Waals surface area (Å²) in [5, 5.41) is 21.3. The highest BCUT2D eigenvalue weighted by molar-refractivity contribution is 8.26. The van der Waals surface area contributed by atoms with Crippen molar-refractivity contribution in [2.75, 3.05) is 19.0 Å². The van der Waals surface area contributed by atoms with E-state index in [0.29, 0.717) is 5.56 Å². The number of amides is 2. The van der Waals surface area contributed by atoms with Gasteiger partial charge >= 0.3 is 11.9 Å². The number of methoxy groups -OCH3 is 1. The van der Waals surface area contributed by atoms with E-state index >= 15 is 0 Å². The number of aromatic hydroxyl groups is 1. The number of ether oxygens (including phenoxy) is 2. The summed E-state index contributed by atoms with van der Waals surface area (Å²) in [7, 11) is 1.33. The summed E-state index contributed by atoms with van der Waals surface area (Å²) < 4.78 is 38.6. The molecule has 0 bridgehead atoms. The Morgan fingerprint density at radius 1 is 1.09 bits per heavy atom. The second-order valence-corrected chi connectivity index (χ2v) is 10.7. The number of benzene rings is 3. The number of thioether (sulfide) groups is 1. The maximum Gasteiger partial charge on any atom is 0.339 e. The highest BCUT2D eigenvalue weighted by atomic mass is 32.2. The van der Waals surface area contributed by atoms with Crippen LogP contribution in [0.4, 0.5) is 14.5 Å². The van der Waals surface area contributed by atoms with E-state index in [4.69, 9.17) is 26.8 Å². The van der Waals surface area contributed by atoms with Gasteiger partial charge in [-0.05, 0) is 53.6 Å². The molecular formula is C29H22F2N2O8S2. The van der Waals surface area contributed by atoms with Crippen LogP contribution in [0.3, 0.4) is 0 Å². The molecule has 0 unspecified atom stereocenters. The van der Waals surface area contributed by atoms with E-state index in [1.807, 2.05) is 0 Å². The number of carbonyl (C=O) groups is 4. The van der Waals surface area contributed by atoms with E-state index in [9.17, 15) is 33.1 Å². The standard InChI is InChI=1S/C29H22F2N2O8S2/c1-14(34)41-26-19(16-3-6-20(30)21(31)12-16)9-15(10-23(26)40-2)11-24-27(37)33(29(42)43-24)8-7-25(36)32-17-4-5-18(28(38)39)22(35)13-17/h3-6,9-13,35H,7-8H2,1-2H3,(H,32,36)(H,38,39). The third kappa shape index (κ3) is 7.16. The van der Waals surface area contributed by atoms with E-state index in [1.54, 1.807) is 0 Å². The van der Waals surface area contributed by atoms with Crippen LogP contribution in [-0.4, -0.2) is 56.8 Å². The molecule has 1 fully saturated rings. The fourth-order valence-corrected chi connectivity index (χ4v) is 5.37. The van der Waals surface area contributed by atoms with Crippen LogP contribution >= 0.6 is 24.0 Å². The maximum atomic E-state index is 14.1. The van der Waals surface area contributed by atoms with Crippen molar-refractivity contribution >= 4 is 63.8 Å². The number of carboxylic acid groups (broad SMARTS) is 1. The van der Waals surface area contributed by atoms with Gasteiger partial charge in [0.1, 0.15) is 15.6 Å². The highest BCUT2D eigenvalue weighted by Gasteiger charge is 2.32. The van der Waals surface area contributed by atoms with Crippen molar-refractivity contribution in [3.8, 4) is 28.4 Å². The van der Waals surface area contributed by atoms with E-state index < -0.39 is 41.1 Å². The molecule has 0 radical (unpaired) electrons. The fraction of sp³-hybridized carbons (Fsp3) is 0.138. The molecule has 4 rings (SSSR count). The lowest BCUT2D eigenvalue weighted by Gasteiger charge is -2.15. The average Bonchev–Trinajstić information content (AvgIpc) is 3.20. The van der Waals surface area contributed by atoms with Gasteiger partial charge in [0.2, 0.25) is 5.91 Å². The molecule has 0 atom stereocenters. The van der Waals surface area contributed by atoms with Crippen LogP contribution in [0, 0.1) is 11.6 Å². The van der Waals surface area contributed by atoms with Gasteiger partial charge < -0.3 is 25.0 Å². The molecule has 2 amide bonds. The number of rotatable bonds is 9. The van der Waals surface area contributed by atoms with Crippen LogP contribution in [0.25, 0.3) is 17.2 Å². The third-order valence-corrected chi connectivity index (χ3v) is 7.40. The van der Waals surface area contributed by atoms with Crippen LogP contribution in [0.15, 0.2) is 53.4 Å². The largest absolute Gasteiger partial charge is 0.507 e. The van der Waals surface area contributed by atoms with Gasteiger partial charge in [-0.3, -0.25) is 19.3 Å². The Morgan fingerprint density at radius 3 is 2.47 bits per heavy atom. The van der Waals surface area contributed by atoms with Crippen molar-refractivity contribution in [2.24, 2.45) is 0 Å². The Morgan fingerprint density at radius 2 is 1.84 bits per heavy atom. The molecule has 0 aromatic heterocycles. The lowest BCUT2D eigenvalue weighted by molar-refractivity contribution is -0.132. The number of nitrogens with zero attached hydrogens (tertiary/aromatic N) is 1. The highest BCUT2D eigenvalue weighted by Crippen LogP contribution is 2.42. The van der Waals surface area contributed by atoms with Crippen molar-refractivity contribution in [3.63, 3.8) is 0 Å². The lowest BCUT2D eigenvalue weighted by atomic mass is 10.00. The lowest BCUT2D eigenvalue weighted by Crippen LogP contribution is -2.31. The number of hydrogen-bond donors (Lipinski definition) is 3. The molecule has 3 aromatic carbocycles. The Hall–Kier alpha value is -4.82. The summed E-state index contributed by atoms with van der Waals surface area (Å²) in [6.07, 6.45) is 1.34. The number of hydrogen-bond acceptors (Lipinski definition) is 9. The van der Waals surface area contributed by atoms with Crippen LogP contribution < -0.4 is 14.8 Å². The quantitative estimate of drug-likeness (QED) is 0.125. The smallest absolute Gasteiger partial charge is 0.339 e. The van der Waals surface area contributed by atoms with Crippen molar-refractivity contribution in [3.05, 3.63) is 76.2 Å². The van der Waals surface area contributed by atoms with Crippen molar-refractivity contribution < 1.29 is 47.6 Å². The van der Waals surface area contributed by atoms with E-state index in [1.165, 1.54) is 49.3 Å². The van der Waals surface area contributed by atoms with Gasteiger partial charge in [-0.1, -0.05) is 30.0 Å². The van der Waals surface area contributed by atoms with Crippen LogP contribution in [0.1, 0.15) is 29.3 Å². The van der Waals surface area contributed by atoms with Crippen LogP contribution in [-0.2, 0) is 14.4 Å².